The lowest BCUT2D eigenvalue weighted by Crippen LogP contribution is -2.06. The predicted octanol–water partition coefficient (Wildman–Crippen LogP) is 4.55. The molecular formula is C16H26O. The van der Waals surface area contributed by atoms with Crippen molar-refractivity contribution in [3.8, 4) is 0 Å². The van der Waals surface area contributed by atoms with Crippen molar-refractivity contribution >= 4 is 0 Å². The van der Waals surface area contributed by atoms with Crippen LogP contribution in [-0.2, 0) is 6.61 Å². The second kappa shape index (κ2) is 5.68. The van der Waals surface area contributed by atoms with Crippen molar-refractivity contribution in [2.24, 2.45) is 0 Å². The molecule has 0 spiro atoms. The first-order valence-electron chi connectivity index (χ1n) is 6.65. The molecule has 0 aliphatic rings. The highest BCUT2D eigenvalue weighted by Gasteiger charge is 2.16. The Morgan fingerprint density at radius 1 is 0.824 bits per heavy atom. The Morgan fingerprint density at radius 2 is 1.24 bits per heavy atom. The molecule has 1 rings (SSSR count). The van der Waals surface area contributed by atoms with Crippen LogP contribution >= 0.6 is 0 Å². The zero-order chi connectivity index (χ0) is 13.2. The fraction of sp³-hybridized carbons (Fsp3) is 0.625. The van der Waals surface area contributed by atoms with Gasteiger partial charge in [-0.15, -0.1) is 0 Å². The molecule has 0 unspecified atom stereocenters. The maximum Gasteiger partial charge on any atom is 0.0687 e. The van der Waals surface area contributed by atoms with Gasteiger partial charge in [0.15, 0.2) is 0 Å². The van der Waals surface area contributed by atoms with Gasteiger partial charge in [-0.05, 0) is 40.0 Å². The van der Waals surface area contributed by atoms with Crippen LogP contribution in [0.1, 0.15) is 81.5 Å². The van der Waals surface area contributed by atoms with E-state index in [0.29, 0.717) is 17.8 Å². The Bertz CT molecular complexity index is 346. The van der Waals surface area contributed by atoms with Crippen LogP contribution in [0.5, 0.6) is 0 Å². The average molecular weight is 234 g/mol. The van der Waals surface area contributed by atoms with E-state index in [0.717, 1.165) is 5.56 Å². The number of hydrogen-bond acceptors (Lipinski definition) is 1. The zero-order valence-corrected chi connectivity index (χ0v) is 12.0. The smallest absolute Gasteiger partial charge is 0.0687 e. The molecule has 1 heteroatoms. The molecule has 1 N–H and O–H groups in total. The molecule has 0 saturated heterocycles. The minimum Gasteiger partial charge on any atom is -0.392 e. The Labute approximate surface area is 106 Å². The maximum atomic E-state index is 9.63. The summed E-state index contributed by atoms with van der Waals surface area (Å²) in [6.45, 7) is 13.4. The van der Waals surface area contributed by atoms with E-state index in [1.165, 1.54) is 16.7 Å². The molecule has 0 fully saturated rings. The van der Waals surface area contributed by atoms with Gasteiger partial charge >= 0.3 is 0 Å². The van der Waals surface area contributed by atoms with Gasteiger partial charge in [-0.1, -0.05) is 53.7 Å². The molecule has 0 bridgehead atoms. The lowest BCUT2D eigenvalue weighted by atomic mass is 9.85. The minimum atomic E-state index is 0.152. The average Bonchev–Trinajstić information content (AvgIpc) is 2.26. The van der Waals surface area contributed by atoms with Crippen LogP contribution < -0.4 is 0 Å². The number of hydrogen-bond donors (Lipinski definition) is 1. The van der Waals surface area contributed by atoms with Gasteiger partial charge in [0.25, 0.3) is 0 Å². The van der Waals surface area contributed by atoms with E-state index in [-0.39, 0.29) is 6.61 Å². The zero-order valence-electron chi connectivity index (χ0n) is 12.0. The van der Waals surface area contributed by atoms with Gasteiger partial charge in [0.2, 0.25) is 0 Å². The monoisotopic (exact) mass is 234 g/mol. The van der Waals surface area contributed by atoms with Gasteiger partial charge < -0.3 is 5.11 Å². The van der Waals surface area contributed by atoms with Crippen LogP contribution in [0.4, 0.5) is 0 Å². The van der Waals surface area contributed by atoms with E-state index in [9.17, 15) is 5.11 Å². The van der Waals surface area contributed by atoms with Gasteiger partial charge in [0.05, 0.1) is 6.61 Å². The molecule has 1 nitrogen and oxygen atoms in total. The quantitative estimate of drug-likeness (QED) is 0.810. The summed E-state index contributed by atoms with van der Waals surface area (Å²) in [7, 11) is 0. The SMILES string of the molecule is CC(C)c1cc(C(C)C)c(CO)c(C(C)C)c1. The minimum absolute atomic E-state index is 0.152. The van der Waals surface area contributed by atoms with Gasteiger partial charge in [-0.2, -0.15) is 0 Å². The summed E-state index contributed by atoms with van der Waals surface area (Å²) in [5, 5.41) is 9.63. The van der Waals surface area contributed by atoms with Crippen molar-refractivity contribution in [3.63, 3.8) is 0 Å². The summed E-state index contributed by atoms with van der Waals surface area (Å²) >= 11 is 0. The first-order chi connectivity index (χ1) is 7.88. The lowest BCUT2D eigenvalue weighted by molar-refractivity contribution is 0.278. The molecule has 1 aromatic rings. The summed E-state index contributed by atoms with van der Waals surface area (Å²) in [4.78, 5) is 0. The predicted molar refractivity (Wildman–Crippen MR) is 74.6 cm³/mol. The molecule has 0 aromatic heterocycles. The highest BCUT2D eigenvalue weighted by atomic mass is 16.3. The van der Waals surface area contributed by atoms with Gasteiger partial charge in [0.1, 0.15) is 0 Å². The first kappa shape index (κ1) is 14.2. The molecule has 0 atom stereocenters. The number of aliphatic hydroxyl groups is 1. The second-order valence-corrected chi connectivity index (χ2v) is 5.80. The van der Waals surface area contributed by atoms with Crippen molar-refractivity contribution in [1.82, 2.24) is 0 Å². The molecule has 96 valence electrons. The second-order valence-electron chi connectivity index (χ2n) is 5.80. The molecule has 17 heavy (non-hydrogen) atoms. The van der Waals surface area contributed by atoms with E-state index >= 15 is 0 Å². The number of aliphatic hydroxyl groups excluding tert-OH is 1. The van der Waals surface area contributed by atoms with E-state index in [1.807, 2.05) is 0 Å². The van der Waals surface area contributed by atoms with Crippen molar-refractivity contribution in [2.75, 3.05) is 0 Å². The number of rotatable bonds is 4. The van der Waals surface area contributed by atoms with E-state index < -0.39 is 0 Å². The van der Waals surface area contributed by atoms with Crippen LogP contribution in [0.25, 0.3) is 0 Å². The van der Waals surface area contributed by atoms with Crippen LogP contribution in [-0.4, -0.2) is 5.11 Å². The summed E-state index contributed by atoms with van der Waals surface area (Å²) < 4.78 is 0. The van der Waals surface area contributed by atoms with Gasteiger partial charge in [-0.3, -0.25) is 0 Å². The van der Waals surface area contributed by atoms with Gasteiger partial charge in [-0.25, -0.2) is 0 Å². The molecular weight excluding hydrogens is 208 g/mol. The normalized spacial score (nSPS) is 11.9. The topological polar surface area (TPSA) is 20.2 Å². The molecule has 0 heterocycles. The molecule has 0 amide bonds. The summed E-state index contributed by atoms with van der Waals surface area (Å²) in [5.74, 6) is 1.47. The Kier molecular flexibility index (Phi) is 4.76. The standard InChI is InChI=1S/C16H26O/c1-10(2)13-7-14(11(3)4)16(9-17)15(8-13)12(5)6/h7-8,10-12,17H,9H2,1-6H3. The first-order valence-corrected chi connectivity index (χ1v) is 6.65. The number of benzene rings is 1. The third-order valence-electron chi connectivity index (χ3n) is 3.41. The molecule has 1 aromatic carbocycles. The van der Waals surface area contributed by atoms with Crippen LogP contribution in [0.2, 0.25) is 0 Å². The van der Waals surface area contributed by atoms with Crippen LogP contribution in [0.15, 0.2) is 12.1 Å². The third-order valence-corrected chi connectivity index (χ3v) is 3.41. The van der Waals surface area contributed by atoms with Crippen LogP contribution in [0.3, 0.4) is 0 Å². The highest BCUT2D eigenvalue weighted by Crippen LogP contribution is 2.31. The molecule has 0 aliphatic carbocycles. The van der Waals surface area contributed by atoms with Crippen molar-refractivity contribution < 1.29 is 5.11 Å². The van der Waals surface area contributed by atoms with E-state index in [1.54, 1.807) is 0 Å². The summed E-state index contributed by atoms with van der Waals surface area (Å²) in [6, 6.07) is 4.54. The molecule has 0 radical (unpaired) electrons. The summed E-state index contributed by atoms with van der Waals surface area (Å²) in [6.07, 6.45) is 0. The lowest BCUT2D eigenvalue weighted by Gasteiger charge is -2.21. The van der Waals surface area contributed by atoms with Gasteiger partial charge in [0, 0.05) is 0 Å². The fourth-order valence-corrected chi connectivity index (χ4v) is 2.29. The Balaban J connectivity index is 3.46. The Morgan fingerprint density at radius 3 is 1.47 bits per heavy atom. The van der Waals surface area contributed by atoms with Crippen molar-refractivity contribution in [2.45, 2.75) is 65.9 Å². The van der Waals surface area contributed by atoms with E-state index in [4.69, 9.17) is 0 Å². The van der Waals surface area contributed by atoms with Crippen molar-refractivity contribution in [3.05, 3.63) is 34.4 Å². The maximum absolute atomic E-state index is 9.63. The molecule has 0 saturated carbocycles. The highest BCUT2D eigenvalue weighted by molar-refractivity contribution is 5.43. The van der Waals surface area contributed by atoms with Crippen LogP contribution in [0, 0.1) is 0 Å². The summed E-state index contributed by atoms with van der Waals surface area (Å²) in [5.41, 5.74) is 5.14. The molecule has 0 aliphatic heterocycles. The third kappa shape index (κ3) is 3.10. The largest absolute Gasteiger partial charge is 0.392 e. The van der Waals surface area contributed by atoms with E-state index in [2.05, 4.69) is 53.7 Å². The fourth-order valence-electron chi connectivity index (χ4n) is 2.29. The van der Waals surface area contributed by atoms with Crippen molar-refractivity contribution in [1.29, 1.82) is 0 Å². The Hall–Kier alpha value is -0.820.